The number of rotatable bonds is 5. The van der Waals surface area contributed by atoms with E-state index in [9.17, 15) is 4.79 Å². The van der Waals surface area contributed by atoms with Gasteiger partial charge in [-0.05, 0) is 19.1 Å². The van der Waals surface area contributed by atoms with E-state index in [1.54, 1.807) is 18.0 Å². The monoisotopic (exact) mass is 429 g/mol. The van der Waals surface area contributed by atoms with Crippen molar-refractivity contribution in [3.8, 4) is 5.69 Å². The predicted octanol–water partition coefficient (Wildman–Crippen LogP) is 2.47. The molecule has 0 aliphatic carbocycles. The van der Waals surface area contributed by atoms with Gasteiger partial charge in [0.15, 0.2) is 11.5 Å². The summed E-state index contributed by atoms with van der Waals surface area (Å²) in [6.07, 6.45) is 1.76. The van der Waals surface area contributed by atoms with E-state index >= 15 is 0 Å². The van der Waals surface area contributed by atoms with Crippen LogP contribution in [0.15, 0.2) is 30.5 Å². The molecule has 3 heterocycles. The Hall–Kier alpha value is -2.91. The van der Waals surface area contributed by atoms with Crippen LogP contribution in [0.25, 0.3) is 16.7 Å². The number of nitrogens with zero attached hydrogens (tertiary/aromatic N) is 6. The lowest BCUT2D eigenvalue weighted by Gasteiger charge is -2.35. The molecule has 10 heteroatoms. The molecular formula is C20H24ClN7O2. The van der Waals surface area contributed by atoms with Gasteiger partial charge in [0.2, 0.25) is 0 Å². The van der Waals surface area contributed by atoms with E-state index in [1.165, 1.54) is 0 Å². The lowest BCUT2D eigenvalue weighted by molar-refractivity contribution is 0.178. The molecule has 0 unspecified atom stereocenters. The number of hydrogen-bond donors (Lipinski definition) is 1. The van der Waals surface area contributed by atoms with Gasteiger partial charge in [-0.3, -0.25) is 0 Å². The van der Waals surface area contributed by atoms with Crippen molar-refractivity contribution in [1.82, 2.24) is 30.0 Å². The zero-order valence-corrected chi connectivity index (χ0v) is 17.8. The Labute approximate surface area is 179 Å². The van der Waals surface area contributed by atoms with Crippen molar-refractivity contribution in [1.29, 1.82) is 0 Å². The van der Waals surface area contributed by atoms with Gasteiger partial charge in [0.05, 0.1) is 22.3 Å². The molecular weight excluding hydrogens is 406 g/mol. The maximum absolute atomic E-state index is 12.1. The highest BCUT2D eigenvalue weighted by Gasteiger charge is 2.25. The first-order valence-corrected chi connectivity index (χ1v) is 10.3. The molecule has 1 aromatic carbocycles. The van der Waals surface area contributed by atoms with E-state index in [1.807, 2.05) is 36.1 Å². The van der Waals surface area contributed by atoms with Crippen LogP contribution in [0.3, 0.4) is 0 Å². The Morgan fingerprint density at radius 3 is 2.67 bits per heavy atom. The average molecular weight is 430 g/mol. The van der Waals surface area contributed by atoms with Crippen LogP contribution in [0.4, 0.5) is 10.6 Å². The van der Waals surface area contributed by atoms with Crippen LogP contribution in [-0.2, 0) is 11.3 Å². The van der Waals surface area contributed by atoms with Gasteiger partial charge in [-0.15, -0.1) is 0 Å². The third-order valence-corrected chi connectivity index (χ3v) is 5.32. The van der Waals surface area contributed by atoms with Crippen LogP contribution in [0.2, 0.25) is 5.02 Å². The minimum atomic E-state index is -0.0309. The summed E-state index contributed by atoms with van der Waals surface area (Å²) in [6, 6.07) is 7.48. The number of ether oxygens (including phenoxy) is 1. The lowest BCUT2D eigenvalue weighted by Crippen LogP contribution is -2.52. The van der Waals surface area contributed by atoms with E-state index in [4.69, 9.17) is 21.3 Å². The Morgan fingerprint density at radius 1 is 1.20 bits per heavy atom. The molecule has 9 nitrogen and oxygen atoms in total. The van der Waals surface area contributed by atoms with Crippen molar-refractivity contribution in [2.24, 2.45) is 0 Å². The number of para-hydroxylation sites is 1. The average Bonchev–Trinajstić information content (AvgIpc) is 3.18. The van der Waals surface area contributed by atoms with Crippen LogP contribution in [0.5, 0.6) is 0 Å². The Morgan fingerprint density at radius 2 is 1.97 bits per heavy atom. The molecule has 30 heavy (non-hydrogen) atoms. The van der Waals surface area contributed by atoms with Crippen molar-refractivity contribution in [3.63, 3.8) is 0 Å². The van der Waals surface area contributed by atoms with Gasteiger partial charge in [0.1, 0.15) is 12.4 Å². The third kappa shape index (κ3) is 3.90. The SMILES string of the molecule is CCNC(=O)N1CCN(c2nc(COC)nc3c2cnn3-c2ccccc2Cl)CC1. The number of halogens is 1. The highest BCUT2D eigenvalue weighted by molar-refractivity contribution is 6.32. The molecule has 1 aliphatic heterocycles. The molecule has 4 rings (SSSR count). The summed E-state index contributed by atoms with van der Waals surface area (Å²) in [5, 5.41) is 8.81. The summed E-state index contributed by atoms with van der Waals surface area (Å²) in [5.41, 5.74) is 1.43. The number of piperazine rings is 1. The van der Waals surface area contributed by atoms with Crippen molar-refractivity contribution in [3.05, 3.63) is 41.3 Å². The molecule has 2 amide bonds. The summed E-state index contributed by atoms with van der Waals surface area (Å²) >= 11 is 6.39. The molecule has 0 bridgehead atoms. The van der Waals surface area contributed by atoms with Gasteiger partial charge in [-0.2, -0.15) is 5.10 Å². The Balaban J connectivity index is 1.70. The van der Waals surface area contributed by atoms with E-state index in [-0.39, 0.29) is 12.6 Å². The van der Waals surface area contributed by atoms with Crippen LogP contribution in [-0.4, -0.2) is 70.5 Å². The molecule has 0 radical (unpaired) electrons. The van der Waals surface area contributed by atoms with Crippen LogP contribution >= 0.6 is 11.6 Å². The number of carbonyl (C=O) groups is 1. The molecule has 0 atom stereocenters. The summed E-state index contributed by atoms with van der Waals surface area (Å²) in [6.45, 7) is 5.41. The van der Waals surface area contributed by atoms with Crippen LogP contribution < -0.4 is 10.2 Å². The molecule has 1 fully saturated rings. The predicted molar refractivity (Wildman–Crippen MR) is 115 cm³/mol. The van der Waals surface area contributed by atoms with Crippen molar-refractivity contribution >= 4 is 34.5 Å². The molecule has 1 N–H and O–H groups in total. The van der Waals surface area contributed by atoms with Gasteiger partial charge in [-0.1, -0.05) is 23.7 Å². The minimum Gasteiger partial charge on any atom is -0.377 e. The summed E-state index contributed by atoms with van der Waals surface area (Å²) in [4.78, 5) is 25.5. The number of methoxy groups -OCH3 is 1. The fraction of sp³-hybridized carbons (Fsp3) is 0.400. The van der Waals surface area contributed by atoms with Gasteiger partial charge in [0, 0.05) is 39.8 Å². The number of carbonyl (C=O) groups excluding carboxylic acids is 1. The molecule has 0 saturated carbocycles. The maximum Gasteiger partial charge on any atom is 0.317 e. The van der Waals surface area contributed by atoms with Crippen LogP contribution in [0.1, 0.15) is 12.7 Å². The first kappa shape index (κ1) is 20.4. The molecule has 1 saturated heterocycles. The largest absolute Gasteiger partial charge is 0.377 e. The fourth-order valence-corrected chi connectivity index (χ4v) is 3.77. The van der Waals surface area contributed by atoms with E-state index in [0.717, 1.165) is 16.9 Å². The normalized spacial score (nSPS) is 14.4. The number of anilines is 1. The van der Waals surface area contributed by atoms with Crippen molar-refractivity contribution in [2.75, 3.05) is 44.7 Å². The van der Waals surface area contributed by atoms with Gasteiger partial charge in [0.25, 0.3) is 0 Å². The minimum absolute atomic E-state index is 0.0309. The molecule has 158 valence electrons. The summed E-state index contributed by atoms with van der Waals surface area (Å²) in [5.74, 6) is 1.36. The second-order valence-electron chi connectivity index (χ2n) is 6.95. The van der Waals surface area contributed by atoms with Gasteiger partial charge in [-0.25, -0.2) is 19.4 Å². The molecule has 2 aromatic heterocycles. The number of nitrogens with one attached hydrogen (secondary N) is 1. The van der Waals surface area contributed by atoms with Gasteiger partial charge >= 0.3 is 6.03 Å². The first-order valence-electron chi connectivity index (χ1n) is 9.88. The second kappa shape index (κ2) is 8.85. The molecule has 1 aliphatic rings. The Bertz CT molecular complexity index is 1050. The van der Waals surface area contributed by atoms with Crippen LogP contribution in [0, 0.1) is 0 Å². The lowest BCUT2D eigenvalue weighted by atomic mass is 10.2. The van der Waals surface area contributed by atoms with Crippen molar-refractivity contribution in [2.45, 2.75) is 13.5 Å². The summed E-state index contributed by atoms with van der Waals surface area (Å²) < 4.78 is 7.01. The first-order chi connectivity index (χ1) is 14.6. The number of hydrogen-bond acceptors (Lipinski definition) is 6. The topological polar surface area (TPSA) is 88.4 Å². The Kier molecular flexibility index (Phi) is 6.01. The standard InChI is InChI=1S/C20H24ClN7O2/c1-3-22-20(29)27-10-8-26(9-11-27)18-14-12-23-28(16-7-5-4-6-15(16)21)19(14)25-17(24-18)13-30-2/h4-7,12H,3,8-11,13H2,1-2H3,(H,22,29). The number of aromatic nitrogens is 4. The number of amides is 2. The van der Waals surface area contributed by atoms with Gasteiger partial charge < -0.3 is 19.9 Å². The quantitative estimate of drug-likeness (QED) is 0.670. The van der Waals surface area contributed by atoms with E-state index in [0.29, 0.717) is 49.2 Å². The number of benzene rings is 1. The smallest absolute Gasteiger partial charge is 0.317 e. The second-order valence-corrected chi connectivity index (χ2v) is 7.36. The zero-order chi connectivity index (χ0) is 21.1. The third-order valence-electron chi connectivity index (χ3n) is 5.00. The zero-order valence-electron chi connectivity index (χ0n) is 17.0. The molecule has 0 spiro atoms. The highest BCUT2D eigenvalue weighted by atomic mass is 35.5. The summed E-state index contributed by atoms with van der Waals surface area (Å²) in [7, 11) is 1.61. The highest BCUT2D eigenvalue weighted by Crippen LogP contribution is 2.29. The maximum atomic E-state index is 12.1. The van der Waals surface area contributed by atoms with E-state index in [2.05, 4.69) is 20.3 Å². The fourth-order valence-electron chi connectivity index (χ4n) is 3.56. The molecule has 3 aromatic rings. The van der Waals surface area contributed by atoms with Crippen molar-refractivity contribution < 1.29 is 9.53 Å². The number of urea groups is 1. The van der Waals surface area contributed by atoms with E-state index < -0.39 is 0 Å². The number of fused-ring (bicyclic) bond motifs is 1.